The first kappa shape index (κ1) is 36.0. The summed E-state index contributed by atoms with van der Waals surface area (Å²) in [4.78, 5) is 8.35. The van der Waals surface area contributed by atoms with Crippen LogP contribution in [0.4, 0.5) is 5.69 Å². The molecule has 0 amide bonds. The van der Waals surface area contributed by atoms with Gasteiger partial charge in [0, 0.05) is 30.3 Å². The average Bonchev–Trinajstić information content (AvgIpc) is 3.57. The normalized spacial score (nSPS) is 16.0. The number of nitrogens with zero attached hydrogens (tertiary/aromatic N) is 4. The van der Waals surface area contributed by atoms with Crippen LogP contribution < -0.4 is 4.74 Å². The van der Waals surface area contributed by atoms with Gasteiger partial charge in [0.2, 0.25) is 11.5 Å². The van der Waals surface area contributed by atoms with Crippen LogP contribution in [0.5, 0.6) is 5.75 Å². The molecule has 0 radical (unpaired) electrons. The molecule has 0 saturated heterocycles. The Balaban J connectivity index is 0.00000529. The van der Waals surface area contributed by atoms with E-state index in [0.29, 0.717) is 41.9 Å². The van der Waals surface area contributed by atoms with Gasteiger partial charge in [0.05, 0.1) is 17.4 Å². The summed E-state index contributed by atoms with van der Waals surface area (Å²) in [5.41, 5.74) is 4.29. The second-order valence-corrected chi connectivity index (χ2v) is 20.9. The van der Waals surface area contributed by atoms with E-state index in [1.165, 1.54) is 0 Å². The van der Waals surface area contributed by atoms with Crippen LogP contribution >= 0.6 is 13.5 Å². The lowest BCUT2D eigenvalue weighted by Gasteiger charge is -2.38. The maximum absolute atomic E-state index is 13.9. The van der Waals surface area contributed by atoms with E-state index in [4.69, 9.17) is 25.2 Å². The summed E-state index contributed by atoms with van der Waals surface area (Å²) in [5.74, 6) is 1.39. The molecule has 4 rings (SSSR count). The lowest BCUT2D eigenvalue weighted by Crippen LogP contribution is -2.45. The van der Waals surface area contributed by atoms with E-state index >= 15 is 0 Å². The first-order valence-corrected chi connectivity index (χ1v) is 19.0. The Morgan fingerprint density at radius 1 is 1.16 bits per heavy atom. The van der Waals surface area contributed by atoms with E-state index in [0.717, 1.165) is 29.5 Å². The molecule has 1 heterocycles. The Morgan fingerprint density at radius 2 is 1.86 bits per heavy atom. The van der Waals surface area contributed by atoms with Gasteiger partial charge >= 0.3 is 0 Å². The SMILES string of the molecule is S.[C-]#[N+]c1cc(-c2nc(-c3cccc4c3CC[C@@H]4N(CCO[Si](C)(C)C(C)(C)C)[S@@](=O)C(C)(C)C)no2)ccc1OC(C)C. The van der Waals surface area contributed by atoms with Gasteiger partial charge in [-0.25, -0.2) is 13.4 Å². The van der Waals surface area contributed by atoms with Crippen LogP contribution in [-0.4, -0.2) is 51.0 Å². The third-order valence-corrected chi connectivity index (χ3v) is 14.7. The predicted octanol–water partition coefficient (Wildman–Crippen LogP) is 8.63. The van der Waals surface area contributed by atoms with Crippen molar-refractivity contribution >= 4 is 38.5 Å². The van der Waals surface area contributed by atoms with Gasteiger partial charge in [0.1, 0.15) is 16.7 Å². The summed E-state index contributed by atoms with van der Waals surface area (Å²) < 4.78 is 33.6. The Labute approximate surface area is 273 Å². The average molecular weight is 657 g/mol. The first-order valence-electron chi connectivity index (χ1n) is 15.0. The Hall–Kier alpha value is -2.49. The molecule has 2 aromatic carbocycles. The molecule has 2 atom stereocenters. The zero-order chi connectivity index (χ0) is 31.7. The fraction of sp³-hybridized carbons (Fsp3) is 0.545. The molecule has 0 saturated carbocycles. The van der Waals surface area contributed by atoms with Gasteiger partial charge in [-0.2, -0.15) is 18.5 Å². The maximum Gasteiger partial charge on any atom is 0.256 e. The highest BCUT2D eigenvalue weighted by atomic mass is 32.2. The first-order chi connectivity index (χ1) is 20.0. The standard InChI is InChI=1S/C33H46N4O4SSi.H2S/c1-22(2)40-29-18-15-23(21-27(29)34-9)31-35-30(36-41-31)26-14-12-13-25-24(26)16-17-28(25)37(42(38)32(3,4)5)19-20-39-43(10,11)33(6,7)8;/h12-15,18,21-22,28H,16-17,19-20H2,1-8,10-11H3;1H2/t28-,42-;/m0./s1. The van der Waals surface area contributed by atoms with Crippen molar-refractivity contribution < 1.29 is 17.9 Å². The smallest absolute Gasteiger partial charge is 0.256 e. The summed E-state index contributed by atoms with van der Waals surface area (Å²) in [6.45, 7) is 29.9. The van der Waals surface area contributed by atoms with Gasteiger partial charge < -0.3 is 13.7 Å². The van der Waals surface area contributed by atoms with Gasteiger partial charge in [-0.05, 0) is 94.9 Å². The third-order valence-electron chi connectivity index (χ3n) is 8.26. The molecule has 240 valence electrons. The van der Waals surface area contributed by atoms with Crippen LogP contribution in [0.2, 0.25) is 18.1 Å². The monoisotopic (exact) mass is 656 g/mol. The van der Waals surface area contributed by atoms with Gasteiger partial charge in [-0.1, -0.05) is 44.1 Å². The molecule has 11 heteroatoms. The molecule has 8 nitrogen and oxygen atoms in total. The minimum Gasteiger partial charge on any atom is -0.502 e. The van der Waals surface area contributed by atoms with Crippen LogP contribution in [0.1, 0.15) is 79.0 Å². The molecule has 3 aromatic rings. The van der Waals surface area contributed by atoms with E-state index in [9.17, 15) is 4.21 Å². The Morgan fingerprint density at radius 3 is 2.48 bits per heavy atom. The molecule has 0 bridgehead atoms. The van der Waals surface area contributed by atoms with Crippen molar-refractivity contribution in [2.24, 2.45) is 0 Å². The van der Waals surface area contributed by atoms with E-state index in [1.807, 2.05) is 52.8 Å². The van der Waals surface area contributed by atoms with Crippen LogP contribution in [0.3, 0.4) is 0 Å². The van der Waals surface area contributed by atoms with Gasteiger partial charge in [-0.3, -0.25) is 0 Å². The fourth-order valence-corrected chi connectivity index (χ4v) is 7.42. The van der Waals surface area contributed by atoms with Crippen LogP contribution in [0.15, 0.2) is 40.9 Å². The van der Waals surface area contributed by atoms with E-state index < -0.39 is 24.1 Å². The molecule has 1 aliphatic rings. The Bertz CT molecular complexity index is 1520. The number of fused-ring (bicyclic) bond motifs is 1. The molecule has 0 unspecified atom stereocenters. The number of benzene rings is 2. The maximum atomic E-state index is 13.9. The predicted molar refractivity (Wildman–Crippen MR) is 186 cm³/mol. The van der Waals surface area contributed by atoms with Crippen molar-refractivity contribution in [3.8, 4) is 28.6 Å². The lowest BCUT2D eigenvalue weighted by atomic mass is 10.0. The highest BCUT2D eigenvalue weighted by molar-refractivity contribution is 7.84. The molecule has 1 aromatic heterocycles. The third kappa shape index (κ3) is 7.83. The molecular weight excluding hydrogens is 609 g/mol. The second kappa shape index (κ2) is 13.9. The van der Waals surface area contributed by atoms with Crippen molar-refractivity contribution in [3.05, 3.63) is 58.9 Å². The molecule has 44 heavy (non-hydrogen) atoms. The summed E-state index contributed by atoms with van der Waals surface area (Å²) in [6.07, 6.45) is 1.64. The van der Waals surface area contributed by atoms with Gasteiger partial charge in [-0.15, -0.1) is 0 Å². The van der Waals surface area contributed by atoms with Crippen molar-refractivity contribution in [2.75, 3.05) is 13.2 Å². The molecule has 0 N–H and O–H groups in total. The quantitative estimate of drug-likeness (QED) is 0.161. The summed E-state index contributed by atoms with van der Waals surface area (Å²) in [6, 6.07) is 11.5. The Kier molecular flexibility index (Phi) is 11.3. The van der Waals surface area contributed by atoms with E-state index in [1.54, 1.807) is 12.1 Å². The van der Waals surface area contributed by atoms with Crippen LogP contribution in [0.25, 0.3) is 27.7 Å². The van der Waals surface area contributed by atoms with Crippen molar-refractivity contribution in [1.82, 2.24) is 14.4 Å². The zero-order valence-electron chi connectivity index (χ0n) is 27.8. The zero-order valence-corrected chi connectivity index (χ0v) is 30.6. The van der Waals surface area contributed by atoms with E-state index in [2.05, 4.69) is 54.2 Å². The molecule has 0 fully saturated rings. The van der Waals surface area contributed by atoms with Crippen molar-refractivity contribution in [2.45, 2.75) is 103 Å². The number of aromatic nitrogens is 2. The highest BCUT2D eigenvalue weighted by Crippen LogP contribution is 2.43. The largest absolute Gasteiger partial charge is 0.502 e. The molecule has 0 spiro atoms. The summed E-state index contributed by atoms with van der Waals surface area (Å²) >= 11 is 0. The molecule has 1 aliphatic carbocycles. The summed E-state index contributed by atoms with van der Waals surface area (Å²) in [5, 5.41) is 4.44. The lowest BCUT2D eigenvalue weighted by molar-refractivity contribution is 0.230. The molecule has 0 aliphatic heterocycles. The van der Waals surface area contributed by atoms with Crippen LogP contribution in [0, 0.1) is 6.57 Å². The second-order valence-electron chi connectivity index (χ2n) is 13.9. The van der Waals surface area contributed by atoms with Gasteiger partial charge in [0.25, 0.3) is 5.89 Å². The topological polar surface area (TPSA) is 82.1 Å². The minimum absolute atomic E-state index is 0. The molecular formula is C33H48N4O4S2Si. The van der Waals surface area contributed by atoms with Crippen molar-refractivity contribution in [1.29, 1.82) is 0 Å². The van der Waals surface area contributed by atoms with Crippen molar-refractivity contribution in [3.63, 3.8) is 0 Å². The summed E-state index contributed by atoms with van der Waals surface area (Å²) in [7, 11) is -3.15. The fourth-order valence-electron chi connectivity index (χ4n) is 5.00. The van der Waals surface area contributed by atoms with Crippen LogP contribution in [-0.2, 0) is 21.8 Å². The number of hydrogen-bond acceptors (Lipinski definition) is 6. The number of ether oxygens (including phenoxy) is 1. The highest BCUT2D eigenvalue weighted by Gasteiger charge is 2.39. The van der Waals surface area contributed by atoms with E-state index in [-0.39, 0.29) is 30.7 Å². The number of rotatable bonds is 10. The van der Waals surface area contributed by atoms with Gasteiger partial charge in [0.15, 0.2) is 8.32 Å². The minimum atomic E-state index is -1.94. The number of hydrogen-bond donors (Lipinski definition) is 0.